The molecule has 0 aliphatic carbocycles. The van der Waals surface area contributed by atoms with Crippen LogP contribution in [0.5, 0.6) is 0 Å². The quantitative estimate of drug-likeness (QED) is 0.412. The van der Waals surface area contributed by atoms with Gasteiger partial charge in [0.05, 0.1) is 13.1 Å². The average Bonchev–Trinajstić information content (AvgIpc) is 3.07. The summed E-state index contributed by atoms with van der Waals surface area (Å²) in [4.78, 5) is 39.0. The van der Waals surface area contributed by atoms with E-state index in [2.05, 4.69) is 19.6 Å². The molecule has 1 aromatic rings. The SMILES string of the molecule is CCCC[N+]1(C(=O)C(=O)C(C)(C)CC)CC(c2ccccc2)C[C@H]1C(=O)S. The number of amides is 1. The highest BCUT2D eigenvalue weighted by Gasteiger charge is 2.57. The predicted octanol–water partition coefficient (Wildman–Crippen LogP) is 4.15. The number of rotatable bonds is 8. The first-order chi connectivity index (χ1) is 12.7. The first-order valence-corrected chi connectivity index (χ1v) is 10.4. The second kappa shape index (κ2) is 8.70. The standard InChI is InChI=1S/C22H31NO3S/c1-5-7-13-23(20(25)19(24)22(3,4)6-2)15-17(14-18(23)21(26)27)16-11-9-8-10-12-16/h8-12,17-18H,5-7,13-15H2,1-4H3/p+1/t17?,18-,23?/m0/s1. The average molecular weight is 391 g/mol. The second-order valence-electron chi connectivity index (χ2n) is 8.36. The number of hydrogen-bond acceptors (Lipinski definition) is 3. The van der Waals surface area contributed by atoms with E-state index >= 15 is 0 Å². The van der Waals surface area contributed by atoms with Gasteiger partial charge in [-0.25, -0.2) is 9.28 Å². The highest BCUT2D eigenvalue weighted by molar-refractivity contribution is 7.96. The Balaban J connectivity index is 2.48. The zero-order chi connectivity index (χ0) is 20.2. The number of carbonyl (C=O) groups excluding carboxylic acids is 3. The summed E-state index contributed by atoms with van der Waals surface area (Å²) in [7, 11) is 0. The normalized spacial score (nSPS) is 25.4. The third-order valence-electron chi connectivity index (χ3n) is 6.21. The number of ketones is 1. The fourth-order valence-electron chi connectivity index (χ4n) is 4.01. The highest BCUT2D eigenvalue weighted by atomic mass is 32.1. The zero-order valence-corrected chi connectivity index (χ0v) is 17.8. The van der Waals surface area contributed by atoms with Crippen LogP contribution in [-0.2, 0) is 14.4 Å². The van der Waals surface area contributed by atoms with Gasteiger partial charge in [-0.3, -0.25) is 9.59 Å². The molecule has 0 spiro atoms. The van der Waals surface area contributed by atoms with Crippen LogP contribution in [0.4, 0.5) is 0 Å². The van der Waals surface area contributed by atoms with E-state index in [0.717, 1.165) is 18.4 Å². The van der Waals surface area contributed by atoms with Crippen LogP contribution in [-0.4, -0.2) is 40.4 Å². The molecule has 148 valence electrons. The summed E-state index contributed by atoms with van der Waals surface area (Å²) in [5.41, 5.74) is 0.396. The fourth-order valence-corrected chi connectivity index (χ4v) is 4.34. The predicted molar refractivity (Wildman–Crippen MR) is 111 cm³/mol. The summed E-state index contributed by atoms with van der Waals surface area (Å²) in [6.45, 7) is 8.60. The van der Waals surface area contributed by atoms with Crippen molar-refractivity contribution in [2.75, 3.05) is 13.1 Å². The molecule has 0 N–H and O–H groups in total. The minimum Gasteiger partial charge on any atom is -0.283 e. The van der Waals surface area contributed by atoms with Gasteiger partial charge < -0.3 is 0 Å². The molecule has 1 amide bonds. The lowest BCUT2D eigenvalue weighted by molar-refractivity contribution is -0.854. The first-order valence-electron chi connectivity index (χ1n) is 9.93. The number of unbranched alkanes of at least 4 members (excludes halogenated alkanes) is 1. The summed E-state index contributed by atoms with van der Waals surface area (Å²) in [5.74, 6) is -0.707. The second-order valence-corrected chi connectivity index (χ2v) is 8.80. The summed E-state index contributed by atoms with van der Waals surface area (Å²) in [5, 5.41) is -0.292. The third kappa shape index (κ3) is 4.35. The lowest BCUT2D eigenvalue weighted by atomic mass is 9.84. The third-order valence-corrected chi connectivity index (χ3v) is 6.51. The molecule has 1 aliphatic rings. The van der Waals surface area contributed by atoms with Crippen LogP contribution in [0.3, 0.4) is 0 Å². The highest BCUT2D eigenvalue weighted by Crippen LogP contribution is 2.40. The molecule has 5 heteroatoms. The van der Waals surface area contributed by atoms with Crippen LogP contribution in [0, 0.1) is 5.41 Å². The lowest BCUT2D eigenvalue weighted by Gasteiger charge is -2.37. The summed E-state index contributed by atoms with van der Waals surface area (Å²) < 4.78 is -0.0714. The molecule has 2 rings (SSSR count). The van der Waals surface area contributed by atoms with Crippen LogP contribution in [0.2, 0.25) is 0 Å². The maximum absolute atomic E-state index is 13.5. The smallest absolute Gasteiger partial charge is 0.283 e. The Morgan fingerprint density at radius 1 is 1.15 bits per heavy atom. The molecule has 4 nitrogen and oxygen atoms in total. The summed E-state index contributed by atoms with van der Waals surface area (Å²) in [6.07, 6.45) is 2.85. The van der Waals surface area contributed by atoms with E-state index in [1.807, 2.05) is 51.1 Å². The van der Waals surface area contributed by atoms with Crippen molar-refractivity contribution in [2.24, 2.45) is 5.41 Å². The molecule has 0 saturated carbocycles. The summed E-state index contributed by atoms with van der Waals surface area (Å²) >= 11 is 4.12. The van der Waals surface area contributed by atoms with Gasteiger partial charge in [0.15, 0.2) is 6.04 Å². The molecule has 1 aliphatic heterocycles. The Hall–Kier alpha value is -1.46. The maximum atomic E-state index is 13.5. The molecular formula is C22H32NO3S+. The van der Waals surface area contributed by atoms with E-state index < -0.39 is 17.4 Å². The number of benzene rings is 1. The molecule has 0 radical (unpaired) electrons. The van der Waals surface area contributed by atoms with Gasteiger partial charge in [-0.1, -0.05) is 77.1 Å². The Morgan fingerprint density at radius 3 is 2.30 bits per heavy atom. The van der Waals surface area contributed by atoms with E-state index in [4.69, 9.17) is 0 Å². The number of Topliss-reactive ketones (excluding diaryl/α,β-unsaturated/α-hetero) is 1. The van der Waals surface area contributed by atoms with Gasteiger partial charge in [-0.05, 0) is 18.4 Å². The molecule has 1 saturated heterocycles. The van der Waals surface area contributed by atoms with Crippen molar-refractivity contribution in [3.8, 4) is 0 Å². The van der Waals surface area contributed by atoms with Crippen LogP contribution >= 0.6 is 12.6 Å². The molecule has 0 aromatic heterocycles. The van der Waals surface area contributed by atoms with Gasteiger partial charge in [0.1, 0.15) is 0 Å². The van der Waals surface area contributed by atoms with Crippen molar-refractivity contribution in [2.45, 2.75) is 65.3 Å². The number of nitrogens with zero attached hydrogens (tertiary/aromatic N) is 1. The van der Waals surface area contributed by atoms with Crippen molar-refractivity contribution in [1.29, 1.82) is 0 Å². The van der Waals surface area contributed by atoms with Crippen molar-refractivity contribution < 1.29 is 18.9 Å². The molecule has 27 heavy (non-hydrogen) atoms. The molecule has 1 fully saturated rings. The van der Waals surface area contributed by atoms with Crippen LogP contribution in [0.1, 0.15) is 64.9 Å². The Labute approximate surface area is 168 Å². The van der Waals surface area contributed by atoms with Crippen molar-refractivity contribution in [3.05, 3.63) is 35.9 Å². The molecule has 1 heterocycles. The number of quaternary nitrogens is 1. The van der Waals surface area contributed by atoms with E-state index in [9.17, 15) is 14.4 Å². The van der Waals surface area contributed by atoms with E-state index in [-0.39, 0.29) is 21.3 Å². The van der Waals surface area contributed by atoms with E-state index in [0.29, 0.717) is 25.9 Å². The molecular weight excluding hydrogens is 358 g/mol. The number of thiol groups is 1. The first kappa shape index (κ1) is 21.8. The molecule has 1 aromatic carbocycles. The number of likely N-dealkylation sites (tertiary alicyclic amines) is 1. The van der Waals surface area contributed by atoms with Gasteiger partial charge in [0, 0.05) is 17.8 Å². The monoisotopic (exact) mass is 390 g/mol. The molecule has 3 atom stereocenters. The van der Waals surface area contributed by atoms with Crippen LogP contribution < -0.4 is 0 Å². The molecule has 2 unspecified atom stereocenters. The maximum Gasteiger partial charge on any atom is 0.382 e. The Morgan fingerprint density at radius 2 is 1.78 bits per heavy atom. The number of carbonyl (C=O) groups is 3. The van der Waals surface area contributed by atoms with Crippen molar-refractivity contribution in [1.82, 2.24) is 0 Å². The van der Waals surface area contributed by atoms with Crippen molar-refractivity contribution in [3.63, 3.8) is 0 Å². The topological polar surface area (TPSA) is 51.2 Å². The Bertz CT molecular complexity index is 701. The largest absolute Gasteiger partial charge is 0.382 e. The van der Waals surface area contributed by atoms with Gasteiger partial charge in [-0.15, -0.1) is 0 Å². The van der Waals surface area contributed by atoms with Gasteiger partial charge in [0.2, 0.25) is 5.12 Å². The van der Waals surface area contributed by atoms with E-state index in [1.54, 1.807) is 0 Å². The van der Waals surface area contributed by atoms with Gasteiger partial charge in [0.25, 0.3) is 5.78 Å². The van der Waals surface area contributed by atoms with Crippen LogP contribution in [0.25, 0.3) is 0 Å². The summed E-state index contributed by atoms with van der Waals surface area (Å²) in [6, 6.07) is 9.41. The van der Waals surface area contributed by atoms with Gasteiger partial charge in [-0.2, -0.15) is 0 Å². The van der Waals surface area contributed by atoms with Crippen LogP contribution in [0.15, 0.2) is 30.3 Å². The minimum absolute atomic E-state index is 0.0714. The Kier molecular flexibility index (Phi) is 7.03. The minimum atomic E-state index is -0.719. The van der Waals surface area contributed by atoms with Gasteiger partial charge >= 0.3 is 5.91 Å². The number of hydrogen-bond donors (Lipinski definition) is 1. The van der Waals surface area contributed by atoms with Crippen molar-refractivity contribution >= 4 is 29.4 Å². The molecule has 0 bridgehead atoms. The van der Waals surface area contributed by atoms with E-state index in [1.165, 1.54) is 0 Å². The fraction of sp³-hybridized carbons (Fsp3) is 0.591. The lowest BCUT2D eigenvalue weighted by Crippen LogP contribution is -2.62. The zero-order valence-electron chi connectivity index (χ0n) is 16.9.